The normalized spacial score (nSPS) is 18.1. The summed E-state index contributed by atoms with van der Waals surface area (Å²) in [6.45, 7) is 6.21. The van der Waals surface area contributed by atoms with Crippen molar-refractivity contribution in [3.05, 3.63) is 23.6 Å². The summed E-state index contributed by atoms with van der Waals surface area (Å²) in [7, 11) is 0. The Hall–Kier alpha value is -1.50. The van der Waals surface area contributed by atoms with Crippen LogP contribution in [0.3, 0.4) is 0 Å². The second kappa shape index (κ2) is 5.90. The molecule has 1 fully saturated rings. The van der Waals surface area contributed by atoms with Crippen LogP contribution in [0, 0.1) is 0 Å². The molecule has 0 N–H and O–H groups in total. The lowest BCUT2D eigenvalue weighted by Crippen LogP contribution is -2.37. The standard InChI is InChI=1S/C11H14F3NO3/c1-8(7-16)10(9(2)18-11(12,13)14)15-3-5-17-6-4-15/h7H,2-6H2,1H3/b10-8-. The van der Waals surface area contributed by atoms with E-state index >= 15 is 0 Å². The highest BCUT2D eigenvalue weighted by molar-refractivity contribution is 5.74. The molecule has 1 aliphatic heterocycles. The van der Waals surface area contributed by atoms with E-state index in [-0.39, 0.29) is 11.3 Å². The molecule has 1 heterocycles. The largest absolute Gasteiger partial charge is 0.573 e. The van der Waals surface area contributed by atoms with Gasteiger partial charge in [0.05, 0.1) is 18.9 Å². The first kappa shape index (κ1) is 14.6. The molecule has 4 nitrogen and oxygen atoms in total. The van der Waals surface area contributed by atoms with Crippen LogP contribution in [0.5, 0.6) is 0 Å². The van der Waals surface area contributed by atoms with Crippen LogP contribution < -0.4 is 0 Å². The predicted molar refractivity (Wildman–Crippen MR) is 57.4 cm³/mol. The Morgan fingerprint density at radius 1 is 1.39 bits per heavy atom. The van der Waals surface area contributed by atoms with Crippen molar-refractivity contribution in [3.63, 3.8) is 0 Å². The van der Waals surface area contributed by atoms with Gasteiger partial charge in [-0.05, 0) is 6.92 Å². The maximum Gasteiger partial charge on any atom is 0.573 e. The van der Waals surface area contributed by atoms with E-state index in [4.69, 9.17) is 4.74 Å². The average molecular weight is 265 g/mol. The van der Waals surface area contributed by atoms with Gasteiger partial charge >= 0.3 is 6.36 Å². The summed E-state index contributed by atoms with van der Waals surface area (Å²) in [5.41, 5.74) is 0.219. The Labute approximate surface area is 103 Å². The van der Waals surface area contributed by atoms with Gasteiger partial charge in [0.2, 0.25) is 0 Å². The van der Waals surface area contributed by atoms with Crippen LogP contribution in [-0.2, 0) is 14.3 Å². The number of halogens is 3. The van der Waals surface area contributed by atoms with Crippen LogP contribution in [0.25, 0.3) is 0 Å². The van der Waals surface area contributed by atoms with Crippen molar-refractivity contribution in [1.29, 1.82) is 0 Å². The number of ether oxygens (including phenoxy) is 2. The number of allylic oxidation sites excluding steroid dienone is 1. The van der Waals surface area contributed by atoms with Crippen LogP contribution in [0.4, 0.5) is 13.2 Å². The SMILES string of the molecule is C=C(OC(F)(F)F)/C(=C(\C)C=O)N1CCOCC1. The van der Waals surface area contributed by atoms with E-state index in [0.29, 0.717) is 32.6 Å². The summed E-state index contributed by atoms with van der Waals surface area (Å²) in [6, 6.07) is 0. The summed E-state index contributed by atoms with van der Waals surface area (Å²) in [5.74, 6) is -0.575. The van der Waals surface area contributed by atoms with Crippen molar-refractivity contribution < 1.29 is 27.4 Å². The van der Waals surface area contributed by atoms with Crippen LogP contribution in [0.1, 0.15) is 6.92 Å². The fourth-order valence-electron chi connectivity index (χ4n) is 1.68. The third-order valence-electron chi connectivity index (χ3n) is 2.38. The molecular formula is C11H14F3NO3. The minimum absolute atomic E-state index is 0.0747. The Kier molecular flexibility index (Phi) is 4.77. The van der Waals surface area contributed by atoms with Crippen molar-refractivity contribution in [3.8, 4) is 0 Å². The number of hydrogen-bond donors (Lipinski definition) is 0. The highest BCUT2D eigenvalue weighted by Crippen LogP contribution is 2.27. The summed E-state index contributed by atoms with van der Waals surface area (Å²) >= 11 is 0. The van der Waals surface area contributed by atoms with Crippen molar-refractivity contribution in [2.24, 2.45) is 0 Å². The fraction of sp³-hybridized carbons (Fsp3) is 0.545. The van der Waals surface area contributed by atoms with Crippen LogP contribution >= 0.6 is 0 Å². The van der Waals surface area contributed by atoms with Gasteiger partial charge in [0.1, 0.15) is 12.0 Å². The Bertz CT molecular complexity index is 357. The van der Waals surface area contributed by atoms with Gasteiger partial charge in [0, 0.05) is 18.7 Å². The molecule has 0 bridgehead atoms. The zero-order chi connectivity index (χ0) is 13.8. The monoisotopic (exact) mass is 265 g/mol. The van der Waals surface area contributed by atoms with Gasteiger partial charge in [0.25, 0.3) is 0 Å². The molecule has 0 aromatic heterocycles. The molecule has 1 aliphatic rings. The second-order valence-corrected chi connectivity index (χ2v) is 3.72. The lowest BCUT2D eigenvalue weighted by atomic mass is 10.2. The van der Waals surface area contributed by atoms with E-state index < -0.39 is 12.1 Å². The molecule has 0 aromatic carbocycles. The first-order chi connectivity index (χ1) is 8.35. The van der Waals surface area contributed by atoms with Gasteiger partial charge in [-0.25, -0.2) is 0 Å². The van der Waals surface area contributed by atoms with Crippen LogP contribution in [0.2, 0.25) is 0 Å². The molecule has 1 rings (SSSR count). The van der Waals surface area contributed by atoms with E-state index in [9.17, 15) is 18.0 Å². The summed E-state index contributed by atoms with van der Waals surface area (Å²) in [5, 5.41) is 0. The molecule has 0 spiro atoms. The number of morpholine rings is 1. The molecule has 1 saturated heterocycles. The van der Waals surface area contributed by atoms with E-state index in [1.54, 1.807) is 4.90 Å². The van der Waals surface area contributed by atoms with Gasteiger partial charge in [0.15, 0.2) is 0 Å². The molecule has 0 unspecified atom stereocenters. The highest BCUT2D eigenvalue weighted by Gasteiger charge is 2.34. The molecule has 0 aliphatic carbocycles. The Morgan fingerprint density at radius 3 is 2.39 bits per heavy atom. The van der Waals surface area contributed by atoms with E-state index in [1.165, 1.54) is 6.92 Å². The molecule has 0 radical (unpaired) electrons. The number of carbonyl (C=O) groups excluding carboxylic acids is 1. The third kappa shape index (κ3) is 4.06. The summed E-state index contributed by atoms with van der Waals surface area (Å²) in [4.78, 5) is 12.4. The van der Waals surface area contributed by atoms with Crippen LogP contribution in [0.15, 0.2) is 23.6 Å². The number of alkyl halides is 3. The molecule has 18 heavy (non-hydrogen) atoms. The van der Waals surface area contributed by atoms with Gasteiger partial charge in [-0.3, -0.25) is 4.79 Å². The summed E-state index contributed by atoms with van der Waals surface area (Å²) in [6.07, 6.45) is -4.34. The lowest BCUT2D eigenvalue weighted by Gasteiger charge is -2.32. The third-order valence-corrected chi connectivity index (χ3v) is 2.38. The molecule has 7 heteroatoms. The average Bonchev–Trinajstić information content (AvgIpc) is 2.28. The predicted octanol–water partition coefficient (Wildman–Crippen LogP) is 1.84. The van der Waals surface area contributed by atoms with Crippen molar-refractivity contribution >= 4 is 6.29 Å². The second-order valence-electron chi connectivity index (χ2n) is 3.72. The Balaban J connectivity index is 2.92. The minimum atomic E-state index is -4.82. The minimum Gasteiger partial charge on any atom is -0.404 e. The number of nitrogens with zero attached hydrogens (tertiary/aromatic N) is 1. The highest BCUT2D eigenvalue weighted by atomic mass is 19.4. The number of hydrogen-bond acceptors (Lipinski definition) is 4. The zero-order valence-electron chi connectivity index (χ0n) is 9.92. The first-order valence-corrected chi connectivity index (χ1v) is 5.29. The maximum atomic E-state index is 12.2. The lowest BCUT2D eigenvalue weighted by molar-refractivity contribution is -0.304. The van der Waals surface area contributed by atoms with Gasteiger partial charge in [-0.15, -0.1) is 13.2 Å². The number of carbonyl (C=O) groups is 1. The first-order valence-electron chi connectivity index (χ1n) is 5.29. The zero-order valence-corrected chi connectivity index (χ0v) is 9.92. The topological polar surface area (TPSA) is 38.8 Å². The van der Waals surface area contributed by atoms with Crippen molar-refractivity contribution in [2.75, 3.05) is 26.3 Å². The maximum absolute atomic E-state index is 12.2. The van der Waals surface area contributed by atoms with E-state index in [2.05, 4.69) is 11.3 Å². The number of rotatable bonds is 4. The van der Waals surface area contributed by atoms with Gasteiger partial charge in [-0.1, -0.05) is 6.58 Å². The quantitative estimate of drug-likeness (QED) is 0.336. The van der Waals surface area contributed by atoms with E-state index in [1.807, 2.05) is 0 Å². The molecule has 0 aromatic rings. The van der Waals surface area contributed by atoms with Crippen molar-refractivity contribution in [2.45, 2.75) is 13.3 Å². The van der Waals surface area contributed by atoms with Gasteiger partial charge < -0.3 is 14.4 Å². The smallest absolute Gasteiger partial charge is 0.404 e. The molecule has 0 saturated carbocycles. The van der Waals surface area contributed by atoms with E-state index in [0.717, 1.165) is 0 Å². The number of aldehydes is 1. The Morgan fingerprint density at radius 2 is 1.94 bits per heavy atom. The molecule has 0 amide bonds. The fourth-order valence-corrected chi connectivity index (χ4v) is 1.68. The van der Waals surface area contributed by atoms with Crippen LogP contribution in [-0.4, -0.2) is 43.9 Å². The molecule has 102 valence electrons. The molecule has 0 atom stereocenters. The summed E-state index contributed by atoms with van der Waals surface area (Å²) < 4.78 is 45.4. The van der Waals surface area contributed by atoms with Gasteiger partial charge in [-0.2, -0.15) is 0 Å². The molecular weight excluding hydrogens is 251 g/mol. The van der Waals surface area contributed by atoms with Crippen molar-refractivity contribution in [1.82, 2.24) is 4.90 Å².